The van der Waals surface area contributed by atoms with Crippen molar-refractivity contribution in [2.75, 3.05) is 5.32 Å². The smallest absolute Gasteiger partial charge is 0.357 e. The molecule has 18 heavy (non-hydrogen) atoms. The topological polar surface area (TPSA) is 64.1 Å². The van der Waals surface area contributed by atoms with E-state index in [4.69, 9.17) is 4.74 Å². The minimum absolute atomic E-state index is 0.160. The van der Waals surface area contributed by atoms with Gasteiger partial charge in [0.1, 0.15) is 5.60 Å². The molecule has 0 saturated carbocycles. The van der Waals surface area contributed by atoms with Crippen LogP contribution in [0, 0.1) is 0 Å². The lowest BCUT2D eigenvalue weighted by molar-refractivity contribution is 0.00627. The summed E-state index contributed by atoms with van der Waals surface area (Å²) in [6.07, 6.45) is 1.54. The van der Waals surface area contributed by atoms with Crippen molar-refractivity contribution in [3.8, 4) is 0 Å². The summed E-state index contributed by atoms with van der Waals surface area (Å²) in [6.45, 7) is 11.4. The molecule has 1 heterocycles. The van der Waals surface area contributed by atoms with Crippen molar-refractivity contribution in [1.82, 2.24) is 9.97 Å². The van der Waals surface area contributed by atoms with Crippen LogP contribution in [0.3, 0.4) is 0 Å². The highest BCUT2D eigenvalue weighted by atomic mass is 16.6. The van der Waals surface area contributed by atoms with Crippen LogP contribution in [-0.4, -0.2) is 27.1 Å². The van der Waals surface area contributed by atoms with E-state index in [-0.39, 0.29) is 11.2 Å². The van der Waals surface area contributed by atoms with Crippen molar-refractivity contribution >= 4 is 11.9 Å². The lowest BCUT2D eigenvalue weighted by Gasteiger charge is -2.21. The van der Waals surface area contributed by atoms with Gasteiger partial charge in [0.2, 0.25) is 5.95 Å². The van der Waals surface area contributed by atoms with E-state index in [1.54, 1.807) is 12.3 Å². The van der Waals surface area contributed by atoms with Crippen molar-refractivity contribution in [2.45, 2.75) is 52.7 Å². The Labute approximate surface area is 108 Å². The summed E-state index contributed by atoms with van der Waals surface area (Å²) in [5.41, 5.74) is -0.432. The van der Waals surface area contributed by atoms with E-state index in [9.17, 15) is 4.79 Å². The van der Waals surface area contributed by atoms with E-state index in [0.717, 1.165) is 0 Å². The Bertz CT molecular complexity index is 431. The normalized spacial score (nSPS) is 12.1. The molecule has 100 valence electrons. The average molecular weight is 251 g/mol. The predicted molar refractivity (Wildman–Crippen MR) is 70.6 cm³/mol. The van der Waals surface area contributed by atoms with E-state index in [1.807, 2.05) is 41.5 Å². The zero-order valence-electron chi connectivity index (χ0n) is 11.9. The van der Waals surface area contributed by atoms with E-state index in [2.05, 4.69) is 15.3 Å². The zero-order valence-corrected chi connectivity index (χ0v) is 11.9. The van der Waals surface area contributed by atoms with Gasteiger partial charge < -0.3 is 10.1 Å². The number of nitrogens with zero attached hydrogens (tertiary/aromatic N) is 2. The van der Waals surface area contributed by atoms with Crippen LogP contribution < -0.4 is 5.32 Å². The molecule has 0 bridgehead atoms. The number of nitrogens with one attached hydrogen (secondary N) is 1. The van der Waals surface area contributed by atoms with E-state index < -0.39 is 11.6 Å². The first kappa shape index (κ1) is 14.4. The second kappa shape index (κ2) is 4.92. The van der Waals surface area contributed by atoms with Crippen LogP contribution in [0.15, 0.2) is 12.3 Å². The fourth-order valence-electron chi connectivity index (χ4n) is 1.20. The van der Waals surface area contributed by atoms with Crippen molar-refractivity contribution in [3.05, 3.63) is 18.0 Å². The van der Waals surface area contributed by atoms with Crippen LogP contribution >= 0.6 is 0 Å². The molecule has 1 N–H and O–H groups in total. The molecule has 0 aliphatic heterocycles. The number of rotatable bonds is 2. The minimum Gasteiger partial charge on any atom is -0.455 e. The van der Waals surface area contributed by atoms with Crippen molar-refractivity contribution in [2.24, 2.45) is 0 Å². The maximum atomic E-state index is 11.8. The van der Waals surface area contributed by atoms with Crippen LogP contribution in [0.5, 0.6) is 0 Å². The highest BCUT2D eigenvalue weighted by Gasteiger charge is 2.20. The molecule has 0 saturated heterocycles. The monoisotopic (exact) mass is 251 g/mol. The highest BCUT2D eigenvalue weighted by Crippen LogP contribution is 2.13. The van der Waals surface area contributed by atoms with Gasteiger partial charge in [0, 0.05) is 11.7 Å². The summed E-state index contributed by atoms with van der Waals surface area (Å²) in [5, 5.41) is 3.11. The molecule has 5 nitrogen and oxygen atoms in total. The van der Waals surface area contributed by atoms with E-state index in [1.165, 1.54) is 0 Å². The summed E-state index contributed by atoms with van der Waals surface area (Å²) >= 11 is 0. The first-order valence-electron chi connectivity index (χ1n) is 5.91. The molecule has 0 aliphatic rings. The lowest BCUT2D eigenvalue weighted by atomic mass is 10.1. The Hall–Kier alpha value is -1.65. The summed E-state index contributed by atoms with van der Waals surface area (Å²) < 4.78 is 5.25. The van der Waals surface area contributed by atoms with Crippen LogP contribution in [0.2, 0.25) is 0 Å². The second-order valence-corrected chi connectivity index (χ2v) is 6.14. The van der Waals surface area contributed by atoms with Crippen LogP contribution in [-0.2, 0) is 4.74 Å². The third-order valence-electron chi connectivity index (χ3n) is 1.75. The SMILES string of the molecule is CC(C)(C)Nc1nccc(C(=O)OC(C)(C)C)n1. The van der Waals surface area contributed by atoms with Gasteiger partial charge in [-0.1, -0.05) is 0 Å². The van der Waals surface area contributed by atoms with Gasteiger partial charge in [-0.3, -0.25) is 0 Å². The molecule has 1 aromatic rings. The number of hydrogen-bond donors (Lipinski definition) is 1. The Kier molecular flexibility index (Phi) is 3.94. The molecular weight excluding hydrogens is 230 g/mol. The maximum absolute atomic E-state index is 11.8. The second-order valence-electron chi connectivity index (χ2n) is 6.14. The van der Waals surface area contributed by atoms with Gasteiger partial charge in [0.05, 0.1) is 0 Å². The number of aromatic nitrogens is 2. The van der Waals surface area contributed by atoms with Crippen LogP contribution in [0.25, 0.3) is 0 Å². The number of anilines is 1. The van der Waals surface area contributed by atoms with Gasteiger partial charge >= 0.3 is 5.97 Å². The summed E-state index contributed by atoms with van der Waals surface area (Å²) in [7, 11) is 0. The fraction of sp³-hybridized carbons (Fsp3) is 0.615. The molecule has 0 amide bonds. The van der Waals surface area contributed by atoms with Gasteiger partial charge in [-0.15, -0.1) is 0 Å². The molecule has 0 atom stereocenters. The summed E-state index contributed by atoms with van der Waals surface area (Å²) in [6, 6.07) is 1.54. The molecule has 1 aromatic heterocycles. The van der Waals surface area contributed by atoms with Crippen molar-refractivity contribution in [3.63, 3.8) is 0 Å². The summed E-state index contributed by atoms with van der Waals surface area (Å²) in [5.74, 6) is -0.0206. The quantitative estimate of drug-likeness (QED) is 0.819. The molecular formula is C13H21N3O2. The third-order valence-corrected chi connectivity index (χ3v) is 1.75. The molecule has 5 heteroatoms. The van der Waals surface area contributed by atoms with Crippen molar-refractivity contribution < 1.29 is 9.53 Å². The first-order chi connectivity index (χ1) is 8.07. The molecule has 0 spiro atoms. The molecule has 1 rings (SSSR count). The number of carbonyl (C=O) groups excluding carboxylic acids is 1. The largest absolute Gasteiger partial charge is 0.455 e. The summed E-state index contributed by atoms with van der Waals surface area (Å²) in [4.78, 5) is 20.1. The number of carbonyl (C=O) groups is 1. The number of hydrogen-bond acceptors (Lipinski definition) is 5. The molecule has 0 radical (unpaired) electrons. The Balaban J connectivity index is 2.85. The molecule has 0 aromatic carbocycles. The van der Waals surface area contributed by atoms with Crippen molar-refractivity contribution in [1.29, 1.82) is 0 Å². The van der Waals surface area contributed by atoms with Gasteiger partial charge in [0.25, 0.3) is 0 Å². The maximum Gasteiger partial charge on any atom is 0.357 e. The molecule has 0 fully saturated rings. The Morgan fingerprint density at radius 3 is 2.33 bits per heavy atom. The standard InChI is InChI=1S/C13H21N3O2/c1-12(2,3)16-11-14-8-7-9(15-11)10(17)18-13(4,5)6/h7-8H,1-6H3,(H,14,15,16). The zero-order chi connectivity index (χ0) is 14.0. The van der Waals surface area contributed by atoms with Crippen LogP contribution in [0.4, 0.5) is 5.95 Å². The van der Waals surface area contributed by atoms with Gasteiger partial charge in [-0.2, -0.15) is 0 Å². The Morgan fingerprint density at radius 2 is 1.83 bits per heavy atom. The van der Waals surface area contributed by atoms with E-state index in [0.29, 0.717) is 5.95 Å². The third kappa shape index (κ3) is 5.12. The van der Waals surface area contributed by atoms with Crippen LogP contribution in [0.1, 0.15) is 52.0 Å². The molecule has 0 unspecified atom stereocenters. The van der Waals surface area contributed by atoms with Gasteiger partial charge in [0.15, 0.2) is 5.69 Å². The lowest BCUT2D eigenvalue weighted by Crippen LogP contribution is -2.28. The molecule has 0 aliphatic carbocycles. The van der Waals surface area contributed by atoms with Gasteiger partial charge in [-0.05, 0) is 47.6 Å². The minimum atomic E-state index is -0.528. The van der Waals surface area contributed by atoms with E-state index >= 15 is 0 Å². The number of esters is 1. The predicted octanol–water partition coefficient (Wildman–Crippen LogP) is 2.64. The first-order valence-corrected chi connectivity index (χ1v) is 5.91. The van der Waals surface area contributed by atoms with Gasteiger partial charge in [-0.25, -0.2) is 14.8 Å². The average Bonchev–Trinajstić information content (AvgIpc) is 2.12. The highest BCUT2D eigenvalue weighted by molar-refractivity contribution is 5.87. The fourth-order valence-corrected chi connectivity index (χ4v) is 1.20. The Morgan fingerprint density at radius 1 is 1.22 bits per heavy atom. The number of ether oxygens (including phenoxy) is 1.